The Hall–Kier alpha value is -0.710. The molecule has 0 spiro atoms. The van der Waals surface area contributed by atoms with E-state index in [-0.39, 0.29) is 0 Å². The lowest BCUT2D eigenvalue weighted by atomic mass is 9.68. The molecule has 1 saturated carbocycles. The highest BCUT2D eigenvalue weighted by atomic mass is 14.9. The molecule has 1 N–H and O–H groups in total. The lowest BCUT2D eigenvalue weighted by molar-refractivity contribution is 0.138. The average Bonchev–Trinajstić information content (AvgIpc) is 1.62. The first-order valence-corrected chi connectivity index (χ1v) is 3.29. The maximum atomic E-state index is 8.21. The highest BCUT2D eigenvalue weighted by Crippen LogP contribution is 2.39. The van der Waals surface area contributed by atoms with E-state index >= 15 is 0 Å². The lowest BCUT2D eigenvalue weighted by Crippen LogP contribution is -2.43. The third-order valence-electron chi connectivity index (χ3n) is 1.87. The Kier molecular flexibility index (Phi) is 1.36. The topological polar surface area (TPSA) is 35.8 Å². The fourth-order valence-corrected chi connectivity index (χ4v) is 1.47. The second-order valence-electron chi connectivity index (χ2n) is 3.53. The second-order valence-corrected chi connectivity index (χ2v) is 3.53. The van der Waals surface area contributed by atoms with Gasteiger partial charge in [-0.15, -0.1) is 0 Å². The van der Waals surface area contributed by atoms with Crippen molar-refractivity contribution in [1.82, 2.24) is 5.32 Å². The molecule has 0 unspecified atom stereocenters. The monoisotopic (exact) mass is 124 g/mol. The lowest BCUT2D eigenvalue weighted by Gasteiger charge is -2.41. The molecule has 0 radical (unpaired) electrons. The van der Waals surface area contributed by atoms with E-state index in [0.29, 0.717) is 11.5 Å². The van der Waals surface area contributed by atoms with Crippen molar-refractivity contribution in [3.05, 3.63) is 0 Å². The van der Waals surface area contributed by atoms with Crippen molar-refractivity contribution < 1.29 is 0 Å². The third-order valence-corrected chi connectivity index (χ3v) is 1.87. The Labute approximate surface area is 55.9 Å². The quantitative estimate of drug-likeness (QED) is 0.421. The molecule has 0 amide bonds. The molecule has 2 heteroatoms. The molecule has 0 aromatic carbocycles. The van der Waals surface area contributed by atoms with Crippen molar-refractivity contribution in [2.75, 3.05) is 0 Å². The summed E-state index contributed by atoms with van der Waals surface area (Å²) in [6.45, 7) is 4.45. The van der Waals surface area contributed by atoms with E-state index in [1.807, 2.05) is 6.19 Å². The van der Waals surface area contributed by atoms with Crippen LogP contribution < -0.4 is 5.32 Å². The largest absolute Gasteiger partial charge is 0.321 e. The predicted molar refractivity (Wildman–Crippen MR) is 35.6 cm³/mol. The zero-order valence-electron chi connectivity index (χ0n) is 5.94. The van der Waals surface area contributed by atoms with Gasteiger partial charge in [-0.1, -0.05) is 13.8 Å². The molecule has 0 saturated heterocycles. The summed E-state index contributed by atoms with van der Waals surface area (Å²) in [5.41, 5.74) is 0.481. The van der Waals surface area contributed by atoms with Crippen LogP contribution in [0.2, 0.25) is 0 Å². The van der Waals surface area contributed by atoms with Gasteiger partial charge < -0.3 is 5.32 Å². The van der Waals surface area contributed by atoms with Crippen molar-refractivity contribution in [2.24, 2.45) is 5.41 Å². The molecule has 0 aromatic rings. The maximum absolute atomic E-state index is 8.21. The summed E-state index contributed by atoms with van der Waals surface area (Å²) in [6.07, 6.45) is 4.24. The van der Waals surface area contributed by atoms with Crippen molar-refractivity contribution >= 4 is 0 Å². The van der Waals surface area contributed by atoms with Gasteiger partial charge in [0, 0.05) is 6.04 Å². The van der Waals surface area contributed by atoms with E-state index in [4.69, 9.17) is 5.26 Å². The number of rotatable bonds is 1. The molecule has 1 aliphatic rings. The molecule has 50 valence electrons. The Morgan fingerprint density at radius 1 is 1.56 bits per heavy atom. The Balaban J connectivity index is 2.21. The van der Waals surface area contributed by atoms with Crippen LogP contribution in [0, 0.1) is 16.9 Å². The van der Waals surface area contributed by atoms with E-state index in [1.165, 1.54) is 0 Å². The van der Waals surface area contributed by atoms with Gasteiger partial charge in [0.05, 0.1) is 0 Å². The number of nitriles is 1. The number of nitrogens with zero attached hydrogens (tertiary/aromatic N) is 1. The highest BCUT2D eigenvalue weighted by molar-refractivity contribution is 4.94. The Morgan fingerprint density at radius 2 is 2.11 bits per heavy atom. The summed E-state index contributed by atoms with van der Waals surface area (Å²) in [4.78, 5) is 0. The van der Waals surface area contributed by atoms with Gasteiger partial charge in [-0.05, 0) is 18.3 Å². The number of hydrogen-bond acceptors (Lipinski definition) is 2. The summed E-state index contributed by atoms with van der Waals surface area (Å²) in [7, 11) is 0. The summed E-state index contributed by atoms with van der Waals surface area (Å²) >= 11 is 0. The molecular formula is C7H12N2. The first-order valence-electron chi connectivity index (χ1n) is 3.29. The summed E-state index contributed by atoms with van der Waals surface area (Å²) in [5.74, 6) is 0. The standard InChI is InChI=1S/C7H12N2/c1-7(2)3-6(4-7)9-5-8/h6,9H,3-4H2,1-2H3. The highest BCUT2D eigenvalue weighted by Gasteiger charge is 2.35. The van der Waals surface area contributed by atoms with Gasteiger partial charge in [-0.3, -0.25) is 0 Å². The second kappa shape index (κ2) is 1.91. The van der Waals surface area contributed by atoms with Crippen molar-refractivity contribution in [3.63, 3.8) is 0 Å². The van der Waals surface area contributed by atoms with Crippen LogP contribution in [0.3, 0.4) is 0 Å². The fourth-order valence-electron chi connectivity index (χ4n) is 1.47. The van der Waals surface area contributed by atoms with Crippen LogP contribution >= 0.6 is 0 Å². The number of hydrogen-bond donors (Lipinski definition) is 1. The molecule has 2 nitrogen and oxygen atoms in total. The van der Waals surface area contributed by atoms with E-state index in [9.17, 15) is 0 Å². The molecule has 1 rings (SSSR count). The van der Waals surface area contributed by atoms with E-state index in [1.54, 1.807) is 0 Å². The van der Waals surface area contributed by atoms with Crippen molar-refractivity contribution in [2.45, 2.75) is 32.7 Å². The predicted octanol–water partition coefficient (Wildman–Crippen LogP) is 1.25. The minimum absolute atomic E-state index is 0.463. The fraction of sp³-hybridized carbons (Fsp3) is 0.857. The zero-order chi connectivity index (χ0) is 6.91. The zero-order valence-corrected chi connectivity index (χ0v) is 5.94. The maximum Gasteiger partial charge on any atom is 0.176 e. The normalized spacial score (nSPS) is 24.1. The van der Waals surface area contributed by atoms with Gasteiger partial charge in [0.15, 0.2) is 6.19 Å². The SMILES string of the molecule is CC1(C)CC(NC#N)C1. The van der Waals surface area contributed by atoms with E-state index in [2.05, 4.69) is 19.2 Å². The van der Waals surface area contributed by atoms with Gasteiger partial charge in [0.25, 0.3) is 0 Å². The molecule has 0 aromatic heterocycles. The van der Waals surface area contributed by atoms with E-state index < -0.39 is 0 Å². The molecule has 1 fully saturated rings. The molecule has 0 atom stereocenters. The van der Waals surface area contributed by atoms with Gasteiger partial charge in [0.2, 0.25) is 0 Å². The van der Waals surface area contributed by atoms with Crippen LogP contribution in [0.5, 0.6) is 0 Å². The minimum Gasteiger partial charge on any atom is -0.321 e. The first kappa shape index (κ1) is 6.41. The van der Waals surface area contributed by atoms with Gasteiger partial charge in [0.1, 0.15) is 0 Å². The van der Waals surface area contributed by atoms with Crippen LogP contribution in [-0.4, -0.2) is 6.04 Å². The summed E-state index contributed by atoms with van der Waals surface area (Å²) < 4.78 is 0. The Morgan fingerprint density at radius 3 is 2.44 bits per heavy atom. The third kappa shape index (κ3) is 1.35. The van der Waals surface area contributed by atoms with Gasteiger partial charge in [-0.2, -0.15) is 5.26 Å². The Bertz CT molecular complexity index is 135. The van der Waals surface area contributed by atoms with Gasteiger partial charge in [-0.25, -0.2) is 0 Å². The smallest absolute Gasteiger partial charge is 0.176 e. The average molecular weight is 124 g/mol. The molecule has 9 heavy (non-hydrogen) atoms. The van der Waals surface area contributed by atoms with Crippen molar-refractivity contribution in [1.29, 1.82) is 5.26 Å². The van der Waals surface area contributed by atoms with Crippen LogP contribution in [0.4, 0.5) is 0 Å². The molecule has 1 aliphatic carbocycles. The van der Waals surface area contributed by atoms with Gasteiger partial charge >= 0.3 is 0 Å². The van der Waals surface area contributed by atoms with Crippen LogP contribution in [0.15, 0.2) is 0 Å². The minimum atomic E-state index is 0.463. The summed E-state index contributed by atoms with van der Waals surface area (Å²) in [5, 5.41) is 11.0. The van der Waals surface area contributed by atoms with Crippen LogP contribution in [-0.2, 0) is 0 Å². The summed E-state index contributed by atoms with van der Waals surface area (Å²) in [6, 6.07) is 0.463. The number of nitrogens with one attached hydrogen (secondary N) is 1. The molecule has 0 aliphatic heterocycles. The first-order chi connectivity index (χ1) is 4.14. The van der Waals surface area contributed by atoms with Crippen molar-refractivity contribution in [3.8, 4) is 6.19 Å². The molecule has 0 heterocycles. The van der Waals surface area contributed by atoms with Crippen LogP contribution in [0.1, 0.15) is 26.7 Å². The molecule has 0 bridgehead atoms. The van der Waals surface area contributed by atoms with Crippen LogP contribution in [0.25, 0.3) is 0 Å². The van der Waals surface area contributed by atoms with E-state index in [0.717, 1.165) is 12.8 Å². The molecular weight excluding hydrogens is 112 g/mol.